The molecule has 0 saturated heterocycles. The highest BCUT2D eigenvalue weighted by Gasteiger charge is 2.08. The number of carbonyl (C=O) groups is 2. The van der Waals surface area contributed by atoms with E-state index in [-0.39, 0.29) is 5.75 Å². The largest absolute Gasteiger partial charge is 0.549 e. The highest BCUT2D eigenvalue weighted by molar-refractivity contribution is 9.10. The summed E-state index contributed by atoms with van der Waals surface area (Å²) < 4.78 is 12.0. The van der Waals surface area contributed by atoms with Gasteiger partial charge in [-0.3, -0.25) is 9.00 Å². The first-order chi connectivity index (χ1) is 7.97. The number of benzene rings is 1. The summed E-state index contributed by atoms with van der Waals surface area (Å²) in [6.07, 6.45) is 0. The Morgan fingerprint density at radius 3 is 2.35 bits per heavy atom. The van der Waals surface area contributed by atoms with E-state index in [9.17, 15) is 18.9 Å². The van der Waals surface area contributed by atoms with Crippen LogP contribution >= 0.6 is 15.9 Å². The van der Waals surface area contributed by atoms with Gasteiger partial charge in [0.15, 0.2) is 0 Å². The van der Waals surface area contributed by atoms with Crippen LogP contribution in [0.4, 0.5) is 5.69 Å². The number of amides is 1. The minimum Gasteiger partial charge on any atom is -0.549 e. The van der Waals surface area contributed by atoms with E-state index in [1.165, 1.54) is 0 Å². The molecule has 0 bridgehead atoms. The molecule has 1 aromatic rings. The molecule has 1 aromatic carbocycles. The number of nitrogens with one attached hydrogen (secondary N) is 1. The van der Waals surface area contributed by atoms with Crippen molar-refractivity contribution in [3.05, 3.63) is 28.7 Å². The molecule has 0 aliphatic heterocycles. The molecular weight excluding hydrogens is 310 g/mol. The number of hydrogen-bond donors (Lipinski definition) is 1. The monoisotopic (exact) mass is 318 g/mol. The van der Waals surface area contributed by atoms with E-state index < -0.39 is 28.4 Å². The van der Waals surface area contributed by atoms with Gasteiger partial charge in [-0.25, -0.2) is 0 Å². The molecule has 1 amide bonds. The Bertz CT molecular complexity index is 446. The van der Waals surface area contributed by atoms with Gasteiger partial charge in [0.2, 0.25) is 5.91 Å². The molecule has 0 fully saturated rings. The predicted octanol–water partition coefficient (Wildman–Crippen LogP) is -0.114. The molecule has 0 aromatic heterocycles. The fourth-order valence-corrected chi connectivity index (χ4v) is 2.05. The summed E-state index contributed by atoms with van der Waals surface area (Å²) in [6, 6.07) is 6.83. The van der Waals surface area contributed by atoms with Crippen molar-refractivity contribution in [2.45, 2.75) is 0 Å². The van der Waals surface area contributed by atoms with E-state index >= 15 is 0 Å². The fourth-order valence-electron chi connectivity index (χ4n) is 1.06. The molecule has 0 unspecified atom stereocenters. The third-order valence-electron chi connectivity index (χ3n) is 1.70. The van der Waals surface area contributed by atoms with Crippen molar-refractivity contribution in [1.29, 1.82) is 0 Å². The molecule has 1 N–H and O–H groups in total. The van der Waals surface area contributed by atoms with Gasteiger partial charge in [-0.05, 0) is 24.3 Å². The van der Waals surface area contributed by atoms with Crippen LogP contribution in [0.1, 0.15) is 0 Å². The first-order valence-electron chi connectivity index (χ1n) is 4.57. The topological polar surface area (TPSA) is 86.3 Å². The summed E-state index contributed by atoms with van der Waals surface area (Å²) in [4.78, 5) is 21.5. The molecule has 17 heavy (non-hydrogen) atoms. The zero-order valence-corrected chi connectivity index (χ0v) is 11.0. The van der Waals surface area contributed by atoms with Gasteiger partial charge in [0.1, 0.15) is 5.75 Å². The van der Waals surface area contributed by atoms with Crippen LogP contribution in [0.3, 0.4) is 0 Å². The van der Waals surface area contributed by atoms with E-state index in [1.54, 1.807) is 24.3 Å². The average Bonchev–Trinajstić information content (AvgIpc) is 2.19. The summed E-state index contributed by atoms with van der Waals surface area (Å²) in [6.45, 7) is 0. The maximum Gasteiger partial charge on any atom is 0.237 e. The standard InChI is InChI=1S/C10H10BrNO4S/c11-7-1-3-8(4-2-7)12-9(13)5-17(16)6-10(14)15/h1-4H,5-6H2,(H,12,13)(H,14,15)/p-1/t17-/m1/s1. The zero-order valence-electron chi connectivity index (χ0n) is 8.64. The summed E-state index contributed by atoms with van der Waals surface area (Å²) in [5.74, 6) is -2.91. The Kier molecular flexibility index (Phi) is 5.30. The Morgan fingerprint density at radius 1 is 1.24 bits per heavy atom. The third kappa shape index (κ3) is 5.60. The molecule has 7 heteroatoms. The summed E-state index contributed by atoms with van der Waals surface area (Å²) in [5.41, 5.74) is 0.559. The van der Waals surface area contributed by atoms with Gasteiger partial charge in [0, 0.05) is 21.0 Å². The lowest BCUT2D eigenvalue weighted by atomic mass is 10.3. The Hall–Kier alpha value is -1.21. The van der Waals surface area contributed by atoms with Crippen molar-refractivity contribution in [1.82, 2.24) is 0 Å². The SMILES string of the molecule is O=C([O-])C[S@](=O)CC(=O)Nc1ccc(Br)cc1. The Balaban J connectivity index is 2.47. The van der Waals surface area contributed by atoms with E-state index in [0.717, 1.165) is 4.47 Å². The van der Waals surface area contributed by atoms with E-state index in [0.29, 0.717) is 5.69 Å². The molecule has 5 nitrogen and oxygen atoms in total. The molecule has 92 valence electrons. The van der Waals surface area contributed by atoms with E-state index in [1.807, 2.05) is 0 Å². The van der Waals surface area contributed by atoms with Gasteiger partial charge >= 0.3 is 0 Å². The average molecular weight is 319 g/mol. The Morgan fingerprint density at radius 2 is 1.82 bits per heavy atom. The number of hydrogen-bond acceptors (Lipinski definition) is 4. The second-order valence-electron chi connectivity index (χ2n) is 3.16. The smallest absolute Gasteiger partial charge is 0.237 e. The predicted molar refractivity (Wildman–Crippen MR) is 65.7 cm³/mol. The molecule has 0 radical (unpaired) electrons. The van der Waals surface area contributed by atoms with E-state index in [2.05, 4.69) is 21.2 Å². The molecule has 1 atom stereocenters. The van der Waals surface area contributed by atoms with Crippen LogP contribution in [0.5, 0.6) is 0 Å². The van der Waals surface area contributed by atoms with Crippen molar-refractivity contribution >= 4 is 44.3 Å². The lowest BCUT2D eigenvalue weighted by Gasteiger charge is -2.05. The lowest BCUT2D eigenvalue weighted by Crippen LogP contribution is -2.31. The maximum absolute atomic E-state index is 11.4. The molecule has 1 rings (SSSR count). The zero-order chi connectivity index (χ0) is 12.8. The van der Waals surface area contributed by atoms with Gasteiger partial charge in [-0.1, -0.05) is 15.9 Å². The van der Waals surface area contributed by atoms with Crippen molar-refractivity contribution in [2.75, 3.05) is 16.8 Å². The van der Waals surface area contributed by atoms with Crippen LogP contribution in [-0.2, 0) is 20.4 Å². The van der Waals surface area contributed by atoms with Crippen LogP contribution in [0.2, 0.25) is 0 Å². The molecule has 0 aliphatic rings. The number of anilines is 1. The minimum atomic E-state index is -1.74. The van der Waals surface area contributed by atoms with Crippen molar-refractivity contribution in [3.63, 3.8) is 0 Å². The molecule has 0 spiro atoms. The van der Waals surface area contributed by atoms with Crippen molar-refractivity contribution < 1.29 is 18.9 Å². The first-order valence-corrected chi connectivity index (χ1v) is 6.85. The van der Waals surface area contributed by atoms with Gasteiger partial charge in [-0.2, -0.15) is 0 Å². The van der Waals surface area contributed by atoms with Crippen LogP contribution < -0.4 is 10.4 Å². The number of halogens is 1. The third-order valence-corrected chi connectivity index (χ3v) is 3.37. The van der Waals surface area contributed by atoms with Crippen LogP contribution in [0.15, 0.2) is 28.7 Å². The first kappa shape index (κ1) is 13.9. The second kappa shape index (κ2) is 6.51. The number of carboxylic acid groups (broad SMARTS) is 1. The number of rotatable bonds is 5. The molecule has 0 aliphatic carbocycles. The van der Waals surface area contributed by atoms with Gasteiger partial charge in [-0.15, -0.1) is 0 Å². The van der Waals surface area contributed by atoms with Crippen molar-refractivity contribution in [2.24, 2.45) is 0 Å². The lowest BCUT2D eigenvalue weighted by molar-refractivity contribution is -0.301. The normalized spacial score (nSPS) is 11.8. The summed E-state index contributed by atoms with van der Waals surface area (Å²) >= 11 is 3.25. The van der Waals surface area contributed by atoms with Gasteiger partial charge < -0.3 is 15.2 Å². The number of carboxylic acids is 1. The van der Waals surface area contributed by atoms with Gasteiger partial charge in [0.05, 0.1) is 11.7 Å². The van der Waals surface area contributed by atoms with Crippen LogP contribution in [0, 0.1) is 0 Å². The highest BCUT2D eigenvalue weighted by atomic mass is 79.9. The maximum atomic E-state index is 11.4. The quantitative estimate of drug-likeness (QED) is 0.820. The second-order valence-corrected chi connectivity index (χ2v) is 5.53. The molecule has 0 saturated carbocycles. The van der Waals surface area contributed by atoms with Crippen molar-refractivity contribution in [3.8, 4) is 0 Å². The summed E-state index contributed by atoms with van der Waals surface area (Å²) in [7, 11) is -1.74. The van der Waals surface area contributed by atoms with E-state index in [4.69, 9.17) is 0 Å². The van der Waals surface area contributed by atoms with Crippen LogP contribution in [0.25, 0.3) is 0 Å². The van der Waals surface area contributed by atoms with Gasteiger partial charge in [0.25, 0.3) is 0 Å². The molecular formula is C10H9BrNO4S-. The van der Waals surface area contributed by atoms with Crippen LogP contribution in [-0.4, -0.2) is 27.6 Å². The number of aliphatic carboxylic acids is 1. The minimum absolute atomic E-state index is 0.357. The summed E-state index contributed by atoms with van der Waals surface area (Å²) in [5, 5.41) is 12.7. The molecule has 0 heterocycles. The Labute approximate surface area is 109 Å². The highest BCUT2D eigenvalue weighted by Crippen LogP contribution is 2.13. The number of carbonyl (C=O) groups excluding carboxylic acids is 2. The fraction of sp³-hybridized carbons (Fsp3) is 0.200.